The summed E-state index contributed by atoms with van der Waals surface area (Å²) in [5.41, 5.74) is 0.556. The van der Waals surface area contributed by atoms with Crippen LogP contribution in [0.4, 0.5) is 4.79 Å². The zero-order valence-corrected chi connectivity index (χ0v) is 14.9. The van der Waals surface area contributed by atoms with Crippen molar-refractivity contribution in [1.29, 1.82) is 0 Å². The van der Waals surface area contributed by atoms with Crippen molar-refractivity contribution in [2.45, 2.75) is 38.9 Å². The molecular weight excluding hydrogens is 318 g/mol. The van der Waals surface area contributed by atoms with Crippen molar-refractivity contribution in [3.05, 3.63) is 28.8 Å². The summed E-state index contributed by atoms with van der Waals surface area (Å²) in [6, 6.07) is 5.67. The number of carbonyl (C=O) groups excluding carboxylic acids is 1. The van der Waals surface area contributed by atoms with E-state index in [-0.39, 0.29) is 12.2 Å². The van der Waals surface area contributed by atoms with Gasteiger partial charge < -0.3 is 19.1 Å². The van der Waals surface area contributed by atoms with E-state index in [0.29, 0.717) is 36.9 Å². The minimum absolute atomic E-state index is 0.0688. The maximum atomic E-state index is 12.2. The molecule has 0 aliphatic carbocycles. The van der Waals surface area contributed by atoms with E-state index in [0.717, 1.165) is 5.56 Å². The first-order valence-corrected chi connectivity index (χ1v) is 8.08. The molecule has 6 heteroatoms. The monoisotopic (exact) mass is 341 g/mol. The Balaban J connectivity index is 1.96. The summed E-state index contributed by atoms with van der Waals surface area (Å²) < 4.78 is 16.3. The topological polar surface area (TPSA) is 48.0 Å². The molecular formula is C17H24ClNO4. The molecule has 1 atom stereocenters. The molecule has 1 fully saturated rings. The van der Waals surface area contributed by atoms with Gasteiger partial charge in [-0.15, -0.1) is 0 Å². The van der Waals surface area contributed by atoms with E-state index in [4.69, 9.17) is 25.8 Å². The number of carbonyl (C=O) groups is 1. The second kappa shape index (κ2) is 7.41. The van der Waals surface area contributed by atoms with Crippen molar-refractivity contribution in [1.82, 2.24) is 4.90 Å². The number of methoxy groups -OCH3 is 1. The maximum Gasteiger partial charge on any atom is 0.410 e. The normalized spacial score (nSPS) is 18.7. The zero-order valence-electron chi connectivity index (χ0n) is 14.1. The highest BCUT2D eigenvalue weighted by Crippen LogP contribution is 2.26. The van der Waals surface area contributed by atoms with Gasteiger partial charge >= 0.3 is 6.09 Å². The van der Waals surface area contributed by atoms with Crippen LogP contribution < -0.4 is 4.74 Å². The predicted molar refractivity (Wildman–Crippen MR) is 89.3 cm³/mol. The summed E-state index contributed by atoms with van der Waals surface area (Å²) in [5.74, 6) is 0.648. The highest BCUT2D eigenvalue weighted by atomic mass is 35.5. The third-order valence-electron chi connectivity index (χ3n) is 3.47. The molecule has 1 heterocycles. The summed E-state index contributed by atoms with van der Waals surface area (Å²) in [6.07, 6.45) is 0.322. The summed E-state index contributed by atoms with van der Waals surface area (Å²) in [4.78, 5) is 13.9. The van der Waals surface area contributed by atoms with Crippen molar-refractivity contribution in [2.75, 3.05) is 26.8 Å². The van der Waals surface area contributed by atoms with Gasteiger partial charge in [-0.1, -0.05) is 17.7 Å². The Morgan fingerprint density at radius 3 is 2.78 bits per heavy atom. The fourth-order valence-corrected chi connectivity index (χ4v) is 2.72. The average Bonchev–Trinajstić information content (AvgIpc) is 2.46. The SMILES string of the molecule is COc1ccc(CC2CN(C(=O)OC(C)(C)C)CCO2)cc1Cl. The Hall–Kier alpha value is -1.46. The molecule has 0 radical (unpaired) electrons. The Morgan fingerprint density at radius 1 is 1.43 bits per heavy atom. The van der Waals surface area contributed by atoms with Crippen LogP contribution in [0.1, 0.15) is 26.3 Å². The van der Waals surface area contributed by atoms with Gasteiger partial charge in [0.05, 0.1) is 31.4 Å². The van der Waals surface area contributed by atoms with Gasteiger partial charge in [-0.3, -0.25) is 0 Å². The van der Waals surface area contributed by atoms with Crippen LogP contribution in [0.15, 0.2) is 18.2 Å². The van der Waals surface area contributed by atoms with Crippen LogP contribution in [0.25, 0.3) is 0 Å². The Morgan fingerprint density at radius 2 is 2.17 bits per heavy atom. The van der Waals surface area contributed by atoms with Gasteiger partial charge in [0.25, 0.3) is 0 Å². The Bertz CT molecular complexity index is 556. The number of morpholine rings is 1. The lowest BCUT2D eigenvalue weighted by Gasteiger charge is -2.34. The van der Waals surface area contributed by atoms with Crippen LogP contribution in [0.3, 0.4) is 0 Å². The fraction of sp³-hybridized carbons (Fsp3) is 0.588. The molecule has 2 rings (SSSR count). The van der Waals surface area contributed by atoms with Gasteiger partial charge in [-0.25, -0.2) is 4.79 Å². The lowest BCUT2D eigenvalue weighted by molar-refractivity contribution is -0.0415. The summed E-state index contributed by atoms with van der Waals surface area (Å²) in [6.45, 7) is 7.16. The second-order valence-electron chi connectivity index (χ2n) is 6.59. The molecule has 0 saturated carbocycles. The summed E-state index contributed by atoms with van der Waals surface area (Å²) >= 11 is 6.15. The van der Waals surface area contributed by atoms with Gasteiger partial charge in [-0.05, 0) is 38.5 Å². The third-order valence-corrected chi connectivity index (χ3v) is 3.77. The van der Waals surface area contributed by atoms with Crippen molar-refractivity contribution in [3.8, 4) is 5.75 Å². The van der Waals surface area contributed by atoms with Crippen LogP contribution in [-0.2, 0) is 15.9 Å². The van der Waals surface area contributed by atoms with Crippen molar-refractivity contribution in [2.24, 2.45) is 0 Å². The molecule has 1 aromatic carbocycles. The molecule has 5 nitrogen and oxygen atoms in total. The number of ether oxygens (including phenoxy) is 3. The van der Waals surface area contributed by atoms with E-state index in [1.165, 1.54) is 0 Å². The van der Waals surface area contributed by atoms with Crippen LogP contribution >= 0.6 is 11.6 Å². The van der Waals surface area contributed by atoms with Crippen LogP contribution in [0, 0.1) is 0 Å². The molecule has 0 spiro atoms. The molecule has 1 saturated heterocycles. The number of amides is 1. The average molecular weight is 342 g/mol. The quantitative estimate of drug-likeness (QED) is 0.844. The number of rotatable bonds is 3. The lowest BCUT2D eigenvalue weighted by atomic mass is 10.1. The second-order valence-corrected chi connectivity index (χ2v) is 7.00. The number of hydrogen-bond donors (Lipinski definition) is 0. The van der Waals surface area contributed by atoms with E-state index in [1.54, 1.807) is 12.0 Å². The smallest absolute Gasteiger partial charge is 0.410 e. The summed E-state index contributed by atoms with van der Waals surface area (Å²) in [5, 5.41) is 0.574. The standard InChI is InChI=1S/C17H24ClNO4/c1-17(2,3)23-16(20)19-7-8-22-13(11-19)9-12-5-6-15(21-4)14(18)10-12/h5-6,10,13H,7-9,11H2,1-4H3. The minimum atomic E-state index is -0.492. The molecule has 128 valence electrons. The third kappa shape index (κ3) is 5.29. The number of nitrogens with zero attached hydrogens (tertiary/aromatic N) is 1. The highest BCUT2D eigenvalue weighted by Gasteiger charge is 2.28. The van der Waals surface area contributed by atoms with Gasteiger partial charge in [0.15, 0.2) is 0 Å². The molecule has 0 N–H and O–H groups in total. The summed E-state index contributed by atoms with van der Waals surface area (Å²) in [7, 11) is 1.59. The van der Waals surface area contributed by atoms with E-state index in [1.807, 2.05) is 39.0 Å². The van der Waals surface area contributed by atoms with Gasteiger partial charge in [-0.2, -0.15) is 0 Å². The molecule has 1 aliphatic rings. The number of halogens is 1. The molecule has 0 bridgehead atoms. The molecule has 1 aliphatic heterocycles. The van der Waals surface area contributed by atoms with Crippen molar-refractivity contribution in [3.63, 3.8) is 0 Å². The lowest BCUT2D eigenvalue weighted by Crippen LogP contribution is -2.48. The number of benzene rings is 1. The van der Waals surface area contributed by atoms with E-state index < -0.39 is 5.60 Å². The zero-order chi connectivity index (χ0) is 17.0. The van der Waals surface area contributed by atoms with Crippen LogP contribution in [0.2, 0.25) is 5.02 Å². The fourth-order valence-electron chi connectivity index (χ4n) is 2.43. The first-order chi connectivity index (χ1) is 10.8. The number of hydrogen-bond acceptors (Lipinski definition) is 4. The van der Waals surface area contributed by atoms with E-state index in [9.17, 15) is 4.79 Å². The molecule has 0 aromatic heterocycles. The minimum Gasteiger partial charge on any atom is -0.495 e. The Kier molecular flexibility index (Phi) is 5.76. The first-order valence-electron chi connectivity index (χ1n) is 7.70. The van der Waals surface area contributed by atoms with Crippen molar-refractivity contribution >= 4 is 17.7 Å². The van der Waals surface area contributed by atoms with Gasteiger partial charge in [0, 0.05) is 13.0 Å². The largest absolute Gasteiger partial charge is 0.495 e. The first kappa shape index (κ1) is 17.9. The molecule has 1 unspecified atom stereocenters. The van der Waals surface area contributed by atoms with E-state index >= 15 is 0 Å². The molecule has 1 aromatic rings. The van der Waals surface area contributed by atoms with Crippen molar-refractivity contribution < 1.29 is 19.0 Å². The van der Waals surface area contributed by atoms with E-state index in [2.05, 4.69) is 0 Å². The van der Waals surface area contributed by atoms with Crippen LogP contribution in [-0.4, -0.2) is 49.5 Å². The van der Waals surface area contributed by atoms with Gasteiger partial charge in [0.2, 0.25) is 0 Å². The van der Waals surface area contributed by atoms with Gasteiger partial charge in [0.1, 0.15) is 11.4 Å². The highest BCUT2D eigenvalue weighted by molar-refractivity contribution is 6.32. The molecule has 23 heavy (non-hydrogen) atoms. The molecule has 1 amide bonds. The van der Waals surface area contributed by atoms with Crippen LogP contribution in [0.5, 0.6) is 5.75 Å². The maximum absolute atomic E-state index is 12.2. The Labute approximate surface area is 142 Å². The predicted octanol–water partition coefficient (Wildman–Crippen LogP) is 3.53.